The largest absolute Gasteiger partial charge is 0.309 e. The maximum absolute atomic E-state index is 5.50. The van der Waals surface area contributed by atoms with E-state index in [2.05, 4.69) is 246 Å². The van der Waals surface area contributed by atoms with Crippen LogP contribution in [0.3, 0.4) is 0 Å². The molecule has 0 aliphatic heterocycles. The molecule has 0 fully saturated rings. The van der Waals surface area contributed by atoms with Gasteiger partial charge in [0.1, 0.15) is 0 Å². The predicted molar refractivity (Wildman–Crippen MR) is 292 cm³/mol. The van der Waals surface area contributed by atoms with E-state index < -0.39 is 0 Å². The zero-order valence-corrected chi connectivity index (χ0v) is 37.8. The van der Waals surface area contributed by atoms with Crippen LogP contribution in [0.5, 0.6) is 0 Å². The normalized spacial score (nSPS) is 12.0. The van der Waals surface area contributed by atoms with E-state index in [1.54, 1.807) is 0 Å². The molecule has 0 atom stereocenters. The number of aromatic nitrogens is 5. The molecule has 15 rings (SSSR count). The highest BCUT2D eigenvalue weighted by atomic mass is 15.2. The zero-order chi connectivity index (χ0) is 45.9. The number of nitrogens with zero attached hydrogens (tertiary/aromatic N) is 5. The minimum Gasteiger partial charge on any atom is -0.309 e. The summed E-state index contributed by atoms with van der Waals surface area (Å²) in [6.45, 7) is 0. The molecule has 3 heterocycles. The molecule has 0 aliphatic carbocycles. The summed E-state index contributed by atoms with van der Waals surface area (Å²) in [6.07, 6.45) is 0. The second kappa shape index (κ2) is 15.0. The van der Waals surface area contributed by atoms with Gasteiger partial charge in [0.2, 0.25) is 5.95 Å². The third-order valence-corrected chi connectivity index (χ3v) is 14.5. The highest BCUT2D eigenvalue weighted by Gasteiger charge is 2.22. The molecule has 70 heavy (non-hydrogen) atoms. The van der Waals surface area contributed by atoms with E-state index in [0.717, 1.165) is 76.4 Å². The Morgan fingerprint density at radius 3 is 1.20 bits per heavy atom. The van der Waals surface area contributed by atoms with Crippen LogP contribution < -0.4 is 0 Å². The van der Waals surface area contributed by atoms with Crippen LogP contribution >= 0.6 is 0 Å². The Balaban J connectivity index is 0.961. The van der Waals surface area contributed by atoms with E-state index in [1.807, 2.05) is 0 Å². The Morgan fingerprint density at radius 2 is 0.643 bits per heavy atom. The van der Waals surface area contributed by atoms with Gasteiger partial charge in [-0.25, -0.2) is 4.98 Å². The SMILES string of the molecule is c1ccc2c(-n3c4ccccc4c4cc(-c5ccc6c(c5)c5ccccc5n6-c5nc(-c6cc7ccccc7c7ccccc67)nc(-c6cc7ccccc7c7ccccc67)n5)ccc43)cccc2c1. The highest BCUT2D eigenvalue weighted by molar-refractivity contribution is 6.16. The number of benzene rings is 12. The molecule has 0 saturated carbocycles. The molecule has 5 nitrogen and oxygen atoms in total. The Labute approximate surface area is 401 Å². The van der Waals surface area contributed by atoms with Crippen LogP contribution in [-0.2, 0) is 0 Å². The lowest BCUT2D eigenvalue weighted by Gasteiger charge is -2.15. The van der Waals surface area contributed by atoms with Crippen LogP contribution in [0.4, 0.5) is 0 Å². The minimum absolute atomic E-state index is 0.566. The average molecular weight is 890 g/mol. The number of hydrogen-bond acceptors (Lipinski definition) is 3. The van der Waals surface area contributed by atoms with Crippen LogP contribution in [0.25, 0.3) is 143 Å². The molecule has 0 spiro atoms. The number of rotatable bonds is 5. The predicted octanol–water partition coefficient (Wildman–Crippen LogP) is 16.8. The van der Waals surface area contributed by atoms with E-state index in [4.69, 9.17) is 15.0 Å². The number of hydrogen-bond donors (Lipinski definition) is 0. The van der Waals surface area contributed by atoms with Crippen molar-refractivity contribution >= 4 is 97.5 Å². The van der Waals surface area contributed by atoms with Crippen molar-refractivity contribution in [2.75, 3.05) is 0 Å². The molecule has 0 amide bonds. The first-order chi connectivity index (χ1) is 34.7. The third kappa shape index (κ3) is 5.76. The van der Waals surface area contributed by atoms with Crippen molar-refractivity contribution in [3.63, 3.8) is 0 Å². The van der Waals surface area contributed by atoms with Crippen LogP contribution in [-0.4, -0.2) is 24.1 Å². The van der Waals surface area contributed by atoms with Crippen molar-refractivity contribution < 1.29 is 0 Å². The van der Waals surface area contributed by atoms with Crippen LogP contribution in [0.15, 0.2) is 237 Å². The molecule has 0 aliphatic rings. The van der Waals surface area contributed by atoms with Crippen molar-refractivity contribution in [2.45, 2.75) is 0 Å². The fourth-order valence-electron chi connectivity index (χ4n) is 11.4. The molecule has 0 bridgehead atoms. The van der Waals surface area contributed by atoms with Gasteiger partial charge in [-0.15, -0.1) is 0 Å². The maximum atomic E-state index is 5.50. The van der Waals surface area contributed by atoms with E-state index >= 15 is 0 Å². The van der Waals surface area contributed by atoms with Gasteiger partial charge >= 0.3 is 0 Å². The lowest BCUT2D eigenvalue weighted by atomic mass is 9.96. The summed E-state index contributed by atoms with van der Waals surface area (Å²) in [5.41, 5.74) is 9.82. The van der Waals surface area contributed by atoms with Gasteiger partial charge in [0.25, 0.3) is 0 Å². The molecule has 3 aromatic heterocycles. The van der Waals surface area contributed by atoms with E-state index in [-0.39, 0.29) is 0 Å². The molecule has 0 unspecified atom stereocenters. The summed E-state index contributed by atoms with van der Waals surface area (Å²) in [4.78, 5) is 16.5. The van der Waals surface area contributed by atoms with Gasteiger partial charge in [-0.2, -0.15) is 9.97 Å². The molecule has 0 radical (unpaired) electrons. The van der Waals surface area contributed by atoms with Crippen molar-refractivity contribution in [1.29, 1.82) is 0 Å². The zero-order valence-electron chi connectivity index (χ0n) is 37.8. The summed E-state index contributed by atoms with van der Waals surface area (Å²) in [6, 6.07) is 85.3. The number of fused-ring (bicyclic) bond motifs is 13. The standard InChI is InChI=1S/C65H39N5/c1-6-22-47-40(16-1)19-15-31-58(47)69-59-29-13-11-27-52(59)54-36-41(32-34-61(54)69)42-33-35-62-55(37-42)53-28-12-14-30-60(53)70(62)65-67-63(56-38-43-17-2-4-20-45(43)48-23-7-9-25-50(48)56)66-64(68-65)57-39-44-18-3-5-21-46(44)49-24-8-10-26-51(49)57/h1-39H. The topological polar surface area (TPSA) is 48.5 Å². The molecule has 5 heteroatoms. The summed E-state index contributed by atoms with van der Waals surface area (Å²) in [7, 11) is 0. The van der Waals surface area contributed by atoms with Gasteiger partial charge in [-0.3, -0.25) is 4.57 Å². The highest BCUT2D eigenvalue weighted by Crippen LogP contribution is 2.41. The van der Waals surface area contributed by atoms with Gasteiger partial charge < -0.3 is 4.57 Å². The first-order valence-electron chi connectivity index (χ1n) is 23.8. The Hall–Kier alpha value is -9.45. The second-order valence-electron chi connectivity index (χ2n) is 18.3. The van der Waals surface area contributed by atoms with Gasteiger partial charge in [0.15, 0.2) is 11.6 Å². The van der Waals surface area contributed by atoms with Crippen molar-refractivity contribution in [3.05, 3.63) is 237 Å². The third-order valence-electron chi connectivity index (χ3n) is 14.5. The second-order valence-corrected chi connectivity index (χ2v) is 18.3. The smallest absolute Gasteiger partial charge is 0.238 e. The van der Waals surface area contributed by atoms with E-state index in [1.165, 1.54) is 49.0 Å². The summed E-state index contributed by atoms with van der Waals surface area (Å²) < 4.78 is 4.66. The van der Waals surface area contributed by atoms with E-state index in [9.17, 15) is 0 Å². The Bertz CT molecular complexity index is 4530. The molecular formula is C65H39N5. The molecule has 12 aromatic carbocycles. The van der Waals surface area contributed by atoms with Crippen molar-refractivity contribution in [1.82, 2.24) is 24.1 Å². The average Bonchev–Trinajstić information content (AvgIpc) is 3.94. The Morgan fingerprint density at radius 1 is 0.243 bits per heavy atom. The van der Waals surface area contributed by atoms with Gasteiger partial charge in [0, 0.05) is 38.1 Å². The first kappa shape index (κ1) is 38.6. The van der Waals surface area contributed by atoms with Crippen molar-refractivity contribution in [3.8, 4) is 45.5 Å². The monoisotopic (exact) mass is 889 g/mol. The fourth-order valence-corrected chi connectivity index (χ4v) is 11.4. The van der Waals surface area contributed by atoms with Crippen LogP contribution in [0.2, 0.25) is 0 Å². The summed E-state index contributed by atoms with van der Waals surface area (Å²) >= 11 is 0. The maximum Gasteiger partial charge on any atom is 0.238 e. The summed E-state index contributed by atoms with van der Waals surface area (Å²) in [5.74, 6) is 1.81. The lowest BCUT2D eigenvalue weighted by Crippen LogP contribution is -2.07. The van der Waals surface area contributed by atoms with Crippen molar-refractivity contribution in [2.24, 2.45) is 0 Å². The Kier molecular flexibility index (Phi) is 8.29. The molecule has 324 valence electrons. The minimum atomic E-state index is 0.566. The fraction of sp³-hybridized carbons (Fsp3) is 0. The lowest BCUT2D eigenvalue weighted by molar-refractivity contribution is 0.955. The molecule has 0 saturated heterocycles. The van der Waals surface area contributed by atoms with Gasteiger partial charge in [0.05, 0.1) is 27.8 Å². The van der Waals surface area contributed by atoms with Gasteiger partial charge in [-0.1, -0.05) is 182 Å². The van der Waals surface area contributed by atoms with Gasteiger partial charge in [-0.05, 0) is 114 Å². The number of para-hydroxylation sites is 2. The molecule has 15 aromatic rings. The van der Waals surface area contributed by atoms with Crippen LogP contribution in [0, 0.1) is 0 Å². The first-order valence-corrected chi connectivity index (χ1v) is 23.8. The summed E-state index contributed by atoms with van der Waals surface area (Å²) in [5, 5.41) is 16.3. The molecule has 0 N–H and O–H groups in total. The quantitative estimate of drug-likeness (QED) is 0.162. The molecular weight excluding hydrogens is 851 g/mol. The van der Waals surface area contributed by atoms with Crippen LogP contribution in [0.1, 0.15) is 0 Å². The van der Waals surface area contributed by atoms with E-state index in [0.29, 0.717) is 17.6 Å².